The van der Waals surface area contributed by atoms with E-state index in [2.05, 4.69) is 15.2 Å². The zero-order chi connectivity index (χ0) is 14.5. The minimum Gasteiger partial charge on any atom is -0.491 e. The molecule has 2 heterocycles. The number of thioether (sulfide) groups is 1. The fraction of sp³-hybridized carbons (Fsp3) is 0.143. The summed E-state index contributed by atoms with van der Waals surface area (Å²) < 4.78 is 5.62. The van der Waals surface area contributed by atoms with Gasteiger partial charge in [-0.2, -0.15) is 0 Å². The number of halogens is 1. The van der Waals surface area contributed by atoms with Crippen molar-refractivity contribution in [2.24, 2.45) is 0 Å². The van der Waals surface area contributed by atoms with Crippen LogP contribution in [0.25, 0.3) is 10.7 Å². The van der Waals surface area contributed by atoms with Crippen LogP contribution >= 0.6 is 34.7 Å². The number of hydrogen-bond donors (Lipinski definition) is 1. The average molecular weight is 338 g/mol. The molecule has 108 valence electrons. The number of hydrogen-bond acceptors (Lipinski definition) is 5. The first-order chi connectivity index (χ1) is 10.3. The molecule has 0 saturated carbocycles. The van der Waals surface area contributed by atoms with Gasteiger partial charge in [0.15, 0.2) is 5.82 Å². The molecule has 0 aliphatic carbocycles. The van der Waals surface area contributed by atoms with Gasteiger partial charge in [-0.15, -0.1) is 16.4 Å². The second-order valence-electron chi connectivity index (χ2n) is 4.07. The van der Waals surface area contributed by atoms with Gasteiger partial charge in [-0.1, -0.05) is 41.6 Å². The Bertz CT molecular complexity index is 700. The number of ether oxygens (including phenoxy) is 1. The van der Waals surface area contributed by atoms with Crippen molar-refractivity contribution in [3.05, 3.63) is 46.8 Å². The van der Waals surface area contributed by atoms with Crippen LogP contribution in [-0.2, 0) is 0 Å². The highest BCUT2D eigenvalue weighted by molar-refractivity contribution is 7.99. The molecule has 0 aliphatic heterocycles. The van der Waals surface area contributed by atoms with Crippen LogP contribution < -0.4 is 4.74 Å². The van der Waals surface area contributed by atoms with Crippen LogP contribution in [0.5, 0.6) is 5.75 Å². The maximum absolute atomic E-state index is 6.02. The maximum atomic E-state index is 6.02. The summed E-state index contributed by atoms with van der Waals surface area (Å²) in [5.74, 6) is 2.26. The Morgan fingerprint density at radius 1 is 1.24 bits per heavy atom. The standard InChI is InChI=1S/C14H12ClN3OS2/c15-10-4-1-2-5-11(10)19-7-9-21-14-16-13(17-18-14)12-6-3-8-20-12/h1-6,8H,7,9H2,(H,16,17,18). The Morgan fingerprint density at radius 3 is 2.95 bits per heavy atom. The van der Waals surface area contributed by atoms with Gasteiger partial charge in [0.05, 0.1) is 16.5 Å². The molecular formula is C14H12ClN3OS2. The van der Waals surface area contributed by atoms with Crippen LogP contribution in [-0.4, -0.2) is 27.5 Å². The predicted molar refractivity (Wildman–Crippen MR) is 87.4 cm³/mol. The molecule has 0 unspecified atom stereocenters. The first-order valence-electron chi connectivity index (χ1n) is 6.29. The van der Waals surface area contributed by atoms with Crippen molar-refractivity contribution in [1.82, 2.24) is 15.2 Å². The number of nitrogens with zero attached hydrogens (tertiary/aromatic N) is 2. The first-order valence-corrected chi connectivity index (χ1v) is 8.53. The number of thiophene rings is 1. The van der Waals surface area contributed by atoms with Crippen molar-refractivity contribution in [1.29, 1.82) is 0 Å². The quantitative estimate of drug-likeness (QED) is 0.536. The number of benzene rings is 1. The van der Waals surface area contributed by atoms with Crippen molar-refractivity contribution < 1.29 is 4.74 Å². The molecule has 2 aromatic heterocycles. The molecule has 1 aromatic carbocycles. The highest BCUT2D eigenvalue weighted by atomic mass is 35.5. The number of H-pyrrole nitrogens is 1. The van der Waals surface area contributed by atoms with Crippen LogP contribution in [0.4, 0.5) is 0 Å². The lowest BCUT2D eigenvalue weighted by Gasteiger charge is -2.06. The number of para-hydroxylation sites is 1. The molecule has 0 spiro atoms. The minimum absolute atomic E-state index is 0.553. The average Bonchev–Trinajstić information content (AvgIpc) is 3.16. The summed E-state index contributed by atoms with van der Waals surface area (Å²) in [5.41, 5.74) is 0. The van der Waals surface area contributed by atoms with E-state index in [1.165, 1.54) is 0 Å². The molecule has 0 aliphatic rings. The first kappa shape index (κ1) is 14.4. The fourth-order valence-electron chi connectivity index (χ4n) is 1.68. The van der Waals surface area contributed by atoms with Crippen LogP contribution in [0.15, 0.2) is 46.9 Å². The molecule has 0 saturated heterocycles. The van der Waals surface area contributed by atoms with Gasteiger partial charge in [0.1, 0.15) is 5.75 Å². The highest BCUT2D eigenvalue weighted by Gasteiger charge is 2.07. The van der Waals surface area contributed by atoms with E-state index >= 15 is 0 Å². The maximum Gasteiger partial charge on any atom is 0.208 e. The van der Waals surface area contributed by atoms with Gasteiger partial charge in [0.2, 0.25) is 5.16 Å². The topological polar surface area (TPSA) is 50.8 Å². The zero-order valence-electron chi connectivity index (χ0n) is 11.0. The number of rotatable bonds is 6. The molecule has 3 rings (SSSR count). The smallest absolute Gasteiger partial charge is 0.208 e. The summed E-state index contributed by atoms with van der Waals surface area (Å²) in [6.07, 6.45) is 0. The summed E-state index contributed by atoms with van der Waals surface area (Å²) in [6.45, 7) is 0.553. The Labute approximate surface area is 135 Å². The Morgan fingerprint density at radius 2 is 2.14 bits per heavy atom. The van der Waals surface area contributed by atoms with Crippen molar-refractivity contribution in [2.75, 3.05) is 12.4 Å². The van der Waals surface area contributed by atoms with E-state index in [-0.39, 0.29) is 0 Å². The van der Waals surface area contributed by atoms with Crippen LogP contribution in [0, 0.1) is 0 Å². The molecule has 0 fully saturated rings. The molecule has 0 radical (unpaired) electrons. The molecule has 0 atom stereocenters. The lowest BCUT2D eigenvalue weighted by Crippen LogP contribution is -2.00. The lowest BCUT2D eigenvalue weighted by atomic mass is 10.3. The van der Waals surface area contributed by atoms with Crippen LogP contribution in [0.3, 0.4) is 0 Å². The number of nitrogens with one attached hydrogen (secondary N) is 1. The van der Waals surface area contributed by atoms with Gasteiger partial charge in [0, 0.05) is 5.75 Å². The Balaban J connectivity index is 1.49. The lowest BCUT2D eigenvalue weighted by molar-refractivity contribution is 0.344. The SMILES string of the molecule is Clc1ccccc1OCCSc1n[nH]c(-c2cccs2)n1. The monoisotopic (exact) mass is 337 g/mol. The third kappa shape index (κ3) is 3.78. The summed E-state index contributed by atoms with van der Waals surface area (Å²) in [4.78, 5) is 5.52. The predicted octanol–water partition coefficient (Wildman–Crippen LogP) is 4.36. The second-order valence-corrected chi connectivity index (χ2v) is 6.49. The van der Waals surface area contributed by atoms with Gasteiger partial charge < -0.3 is 4.74 Å². The fourth-order valence-corrected chi connectivity index (χ4v) is 3.15. The summed E-state index contributed by atoms with van der Waals surface area (Å²) in [6, 6.07) is 11.5. The third-order valence-corrected chi connectivity index (χ3v) is 4.63. The third-order valence-electron chi connectivity index (χ3n) is 2.63. The van der Waals surface area contributed by atoms with Gasteiger partial charge in [-0.3, -0.25) is 5.10 Å². The normalized spacial score (nSPS) is 10.7. The number of aromatic amines is 1. The van der Waals surface area contributed by atoms with Gasteiger partial charge >= 0.3 is 0 Å². The van der Waals surface area contributed by atoms with Crippen molar-refractivity contribution in [2.45, 2.75) is 5.16 Å². The van der Waals surface area contributed by atoms with Crippen molar-refractivity contribution >= 4 is 34.7 Å². The Kier molecular flexibility index (Phi) is 4.80. The van der Waals surface area contributed by atoms with E-state index < -0.39 is 0 Å². The van der Waals surface area contributed by atoms with Crippen LogP contribution in [0.2, 0.25) is 5.02 Å². The number of aromatic nitrogens is 3. The van der Waals surface area contributed by atoms with E-state index in [0.717, 1.165) is 21.6 Å². The van der Waals surface area contributed by atoms with E-state index in [0.29, 0.717) is 17.4 Å². The zero-order valence-corrected chi connectivity index (χ0v) is 13.3. The molecule has 21 heavy (non-hydrogen) atoms. The van der Waals surface area contributed by atoms with Gasteiger partial charge in [-0.05, 0) is 23.6 Å². The van der Waals surface area contributed by atoms with Gasteiger partial charge in [-0.25, -0.2) is 4.98 Å². The largest absolute Gasteiger partial charge is 0.491 e. The summed E-state index contributed by atoms with van der Waals surface area (Å²) in [5, 5.41) is 10.5. The molecule has 0 amide bonds. The molecule has 3 aromatic rings. The molecule has 7 heteroatoms. The van der Waals surface area contributed by atoms with Crippen LogP contribution in [0.1, 0.15) is 0 Å². The molecular weight excluding hydrogens is 326 g/mol. The highest BCUT2D eigenvalue weighted by Crippen LogP contribution is 2.25. The molecule has 0 bridgehead atoms. The second kappa shape index (κ2) is 6.98. The van der Waals surface area contributed by atoms with E-state index in [1.54, 1.807) is 23.1 Å². The van der Waals surface area contributed by atoms with Gasteiger partial charge in [0.25, 0.3) is 0 Å². The molecule has 1 N–H and O–H groups in total. The van der Waals surface area contributed by atoms with E-state index in [4.69, 9.17) is 16.3 Å². The minimum atomic E-state index is 0.553. The summed E-state index contributed by atoms with van der Waals surface area (Å²) >= 11 is 9.20. The van der Waals surface area contributed by atoms with E-state index in [9.17, 15) is 0 Å². The molecule has 4 nitrogen and oxygen atoms in total. The van der Waals surface area contributed by atoms with Crippen molar-refractivity contribution in [3.63, 3.8) is 0 Å². The Hall–Kier alpha value is -1.50. The van der Waals surface area contributed by atoms with E-state index in [1.807, 2.05) is 41.8 Å². The van der Waals surface area contributed by atoms with Crippen molar-refractivity contribution in [3.8, 4) is 16.5 Å². The summed E-state index contributed by atoms with van der Waals surface area (Å²) in [7, 11) is 0.